The van der Waals surface area contributed by atoms with Crippen molar-refractivity contribution in [2.45, 2.75) is 44.1 Å². The Morgan fingerprint density at radius 1 is 1.25 bits per heavy atom. The first-order valence-electron chi connectivity index (χ1n) is 6.06. The molecule has 16 heavy (non-hydrogen) atoms. The molecule has 0 N–H and O–H groups in total. The average Bonchev–Trinajstić information content (AvgIpc) is 2.67. The number of nitrogens with zero attached hydrogens (tertiary/aromatic N) is 1. The molecular weight excluding hydrogens is 198 g/mol. The first-order valence-corrected chi connectivity index (χ1v) is 6.06. The van der Waals surface area contributed by atoms with Crippen molar-refractivity contribution in [2.24, 2.45) is 0 Å². The molecule has 0 heterocycles. The minimum atomic E-state index is 0.0475. The second-order valence-electron chi connectivity index (χ2n) is 4.72. The summed E-state index contributed by atoms with van der Waals surface area (Å²) in [5, 5.41) is 9.14. The molecular formula is C14H15NO. The van der Waals surface area contributed by atoms with E-state index in [1.54, 1.807) is 0 Å². The monoisotopic (exact) mass is 213 g/mol. The topological polar surface area (TPSA) is 33.0 Å². The zero-order valence-corrected chi connectivity index (χ0v) is 9.28. The van der Waals surface area contributed by atoms with E-state index in [0.29, 0.717) is 6.10 Å². The molecule has 0 aliphatic heterocycles. The second kappa shape index (κ2) is 3.83. The zero-order chi connectivity index (χ0) is 11.0. The number of fused-ring (bicyclic) bond motifs is 1. The average molecular weight is 213 g/mol. The number of nitriles is 1. The summed E-state index contributed by atoms with van der Waals surface area (Å²) in [6, 6.07) is 8.58. The minimum Gasteiger partial charge on any atom is -0.490 e. The Morgan fingerprint density at radius 2 is 2.12 bits per heavy atom. The molecule has 0 spiro atoms. The van der Waals surface area contributed by atoms with E-state index in [-0.39, 0.29) is 5.92 Å². The quantitative estimate of drug-likeness (QED) is 0.756. The predicted octanol–water partition coefficient (Wildman–Crippen LogP) is 3.17. The Labute approximate surface area is 95.8 Å². The van der Waals surface area contributed by atoms with Crippen LogP contribution in [0.5, 0.6) is 5.75 Å². The van der Waals surface area contributed by atoms with E-state index in [1.807, 2.05) is 12.1 Å². The van der Waals surface area contributed by atoms with Crippen LogP contribution >= 0.6 is 0 Å². The van der Waals surface area contributed by atoms with Crippen molar-refractivity contribution in [3.8, 4) is 11.8 Å². The number of ether oxygens (including phenoxy) is 1. The largest absolute Gasteiger partial charge is 0.490 e. The van der Waals surface area contributed by atoms with Gasteiger partial charge in [-0.25, -0.2) is 0 Å². The highest BCUT2D eigenvalue weighted by Gasteiger charge is 2.28. The first kappa shape index (κ1) is 9.72. The molecule has 2 nitrogen and oxygen atoms in total. The molecule has 1 aromatic carbocycles. The lowest BCUT2D eigenvalue weighted by molar-refractivity contribution is 0.119. The number of benzene rings is 1. The van der Waals surface area contributed by atoms with Crippen molar-refractivity contribution in [1.82, 2.24) is 0 Å². The summed E-state index contributed by atoms with van der Waals surface area (Å²) in [6.07, 6.45) is 5.99. The first-order chi connectivity index (χ1) is 7.88. The molecule has 1 atom stereocenters. The fourth-order valence-corrected chi connectivity index (χ4v) is 2.55. The molecule has 1 aromatic rings. The Hall–Kier alpha value is -1.49. The van der Waals surface area contributed by atoms with Crippen LogP contribution in [0.25, 0.3) is 0 Å². The summed E-state index contributed by atoms with van der Waals surface area (Å²) in [5.74, 6) is 1.01. The van der Waals surface area contributed by atoms with E-state index in [0.717, 1.165) is 24.2 Å². The van der Waals surface area contributed by atoms with E-state index in [9.17, 15) is 0 Å². The summed E-state index contributed by atoms with van der Waals surface area (Å²) in [5.41, 5.74) is 2.47. The third kappa shape index (κ3) is 1.48. The number of hydrogen-bond donors (Lipinski definition) is 0. The van der Waals surface area contributed by atoms with E-state index in [4.69, 9.17) is 10.00 Å². The van der Waals surface area contributed by atoms with E-state index in [1.165, 1.54) is 24.8 Å². The Kier molecular flexibility index (Phi) is 2.32. The molecule has 1 saturated carbocycles. The highest BCUT2D eigenvalue weighted by Crippen LogP contribution is 2.40. The maximum absolute atomic E-state index is 9.14. The fraction of sp³-hybridized carbons (Fsp3) is 0.500. The molecule has 2 aliphatic carbocycles. The maximum Gasteiger partial charge on any atom is 0.124 e. The van der Waals surface area contributed by atoms with Gasteiger partial charge in [0.1, 0.15) is 5.75 Å². The molecule has 82 valence electrons. The summed E-state index contributed by atoms with van der Waals surface area (Å²) in [6.45, 7) is 0. The Bertz CT molecular complexity index is 443. The molecule has 2 aliphatic rings. The minimum absolute atomic E-state index is 0.0475. The highest BCUT2D eigenvalue weighted by atomic mass is 16.5. The maximum atomic E-state index is 9.14. The van der Waals surface area contributed by atoms with Gasteiger partial charge in [-0.2, -0.15) is 5.26 Å². The Balaban J connectivity index is 1.93. The van der Waals surface area contributed by atoms with Crippen LogP contribution in [0.1, 0.15) is 42.7 Å². The van der Waals surface area contributed by atoms with Crippen molar-refractivity contribution in [2.75, 3.05) is 0 Å². The number of rotatable bonds is 2. The molecule has 0 bridgehead atoms. The van der Waals surface area contributed by atoms with Gasteiger partial charge in [0.05, 0.1) is 18.1 Å². The smallest absolute Gasteiger partial charge is 0.124 e. The van der Waals surface area contributed by atoms with E-state index < -0.39 is 0 Å². The van der Waals surface area contributed by atoms with Gasteiger partial charge in [0.25, 0.3) is 0 Å². The molecule has 0 amide bonds. The molecule has 1 unspecified atom stereocenters. The normalized spacial score (nSPS) is 23.3. The van der Waals surface area contributed by atoms with Crippen molar-refractivity contribution in [3.63, 3.8) is 0 Å². The van der Waals surface area contributed by atoms with Crippen LogP contribution < -0.4 is 4.74 Å². The lowest BCUT2D eigenvalue weighted by atomic mass is 9.95. The zero-order valence-electron chi connectivity index (χ0n) is 9.28. The van der Waals surface area contributed by atoms with Gasteiger partial charge in [-0.05, 0) is 43.7 Å². The lowest BCUT2D eigenvalue weighted by Gasteiger charge is -2.27. The van der Waals surface area contributed by atoms with Crippen LogP contribution in [0.3, 0.4) is 0 Å². The van der Waals surface area contributed by atoms with E-state index >= 15 is 0 Å². The van der Waals surface area contributed by atoms with Crippen LogP contribution in [0.15, 0.2) is 18.2 Å². The van der Waals surface area contributed by atoms with Gasteiger partial charge < -0.3 is 4.74 Å². The lowest BCUT2D eigenvalue weighted by Crippen LogP contribution is -2.25. The summed E-state index contributed by atoms with van der Waals surface area (Å²) in [7, 11) is 0. The van der Waals surface area contributed by atoms with Gasteiger partial charge in [-0.3, -0.25) is 0 Å². The predicted molar refractivity (Wildman–Crippen MR) is 61.4 cm³/mol. The molecule has 3 rings (SSSR count). The van der Waals surface area contributed by atoms with Crippen LogP contribution in [-0.4, -0.2) is 6.10 Å². The Morgan fingerprint density at radius 3 is 2.81 bits per heavy atom. The van der Waals surface area contributed by atoms with Gasteiger partial charge in [0.15, 0.2) is 0 Å². The summed E-state index contributed by atoms with van der Waals surface area (Å²) >= 11 is 0. The second-order valence-corrected chi connectivity index (χ2v) is 4.72. The SMILES string of the molecule is N#CC1CCc2cccc(OC3CCC3)c21. The summed E-state index contributed by atoms with van der Waals surface area (Å²) < 4.78 is 5.97. The fourth-order valence-electron chi connectivity index (χ4n) is 2.55. The van der Waals surface area contributed by atoms with Crippen molar-refractivity contribution in [1.29, 1.82) is 5.26 Å². The van der Waals surface area contributed by atoms with Crippen LogP contribution in [0.4, 0.5) is 0 Å². The van der Waals surface area contributed by atoms with Crippen molar-refractivity contribution >= 4 is 0 Å². The van der Waals surface area contributed by atoms with Gasteiger partial charge in [0, 0.05) is 5.56 Å². The number of hydrogen-bond acceptors (Lipinski definition) is 2. The van der Waals surface area contributed by atoms with Crippen LogP contribution in [-0.2, 0) is 6.42 Å². The van der Waals surface area contributed by atoms with Gasteiger partial charge >= 0.3 is 0 Å². The highest BCUT2D eigenvalue weighted by molar-refractivity contribution is 5.48. The van der Waals surface area contributed by atoms with Crippen molar-refractivity contribution in [3.05, 3.63) is 29.3 Å². The van der Waals surface area contributed by atoms with Crippen LogP contribution in [0, 0.1) is 11.3 Å². The van der Waals surface area contributed by atoms with Gasteiger partial charge in [-0.15, -0.1) is 0 Å². The molecule has 0 aromatic heterocycles. The summed E-state index contributed by atoms with van der Waals surface area (Å²) in [4.78, 5) is 0. The third-order valence-corrected chi connectivity index (χ3v) is 3.71. The third-order valence-electron chi connectivity index (χ3n) is 3.71. The van der Waals surface area contributed by atoms with Gasteiger partial charge in [-0.1, -0.05) is 12.1 Å². The van der Waals surface area contributed by atoms with Crippen molar-refractivity contribution < 1.29 is 4.74 Å². The molecule has 0 saturated heterocycles. The molecule has 1 fully saturated rings. The van der Waals surface area contributed by atoms with Crippen LogP contribution in [0.2, 0.25) is 0 Å². The number of aryl methyl sites for hydroxylation is 1. The standard InChI is InChI=1S/C14H15NO/c15-9-11-8-7-10-3-1-6-13(14(10)11)16-12-4-2-5-12/h1,3,6,11-12H,2,4-5,7-8H2. The van der Waals surface area contributed by atoms with Gasteiger partial charge in [0.2, 0.25) is 0 Å². The molecule has 0 radical (unpaired) electrons. The van der Waals surface area contributed by atoms with E-state index in [2.05, 4.69) is 12.1 Å². The molecule has 2 heteroatoms.